The van der Waals surface area contributed by atoms with Gasteiger partial charge in [0.25, 0.3) is 0 Å². The number of hydrogen-bond donors (Lipinski definition) is 1. The van der Waals surface area contributed by atoms with E-state index in [9.17, 15) is 4.79 Å². The lowest BCUT2D eigenvalue weighted by atomic mass is 9.83. The summed E-state index contributed by atoms with van der Waals surface area (Å²) < 4.78 is 0. The number of nitrogens with zero attached hydrogens (tertiary/aromatic N) is 1. The summed E-state index contributed by atoms with van der Waals surface area (Å²) in [7, 11) is 0. The van der Waals surface area contributed by atoms with Gasteiger partial charge in [-0.2, -0.15) is 0 Å². The minimum Gasteiger partial charge on any atom is -0.337 e. The molecule has 1 atom stereocenters. The van der Waals surface area contributed by atoms with Crippen molar-refractivity contribution in [1.29, 1.82) is 0 Å². The zero-order chi connectivity index (χ0) is 13.1. The third kappa shape index (κ3) is 3.84. The molecule has 0 aromatic rings. The summed E-state index contributed by atoms with van der Waals surface area (Å²) in [6.45, 7) is 10.3. The van der Waals surface area contributed by atoms with E-state index < -0.39 is 0 Å². The van der Waals surface area contributed by atoms with Crippen LogP contribution in [-0.4, -0.2) is 29.9 Å². The van der Waals surface area contributed by atoms with E-state index in [2.05, 4.69) is 33.8 Å². The van der Waals surface area contributed by atoms with Gasteiger partial charge in [-0.05, 0) is 18.3 Å². The van der Waals surface area contributed by atoms with Crippen LogP contribution in [0.15, 0.2) is 11.6 Å². The molecule has 98 valence electrons. The Hall–Kier alpha value is -0.830. The molecule has 1 rings (SSSR count). The van der Waals surface area contributed by atoms with Gasteiger partial charge in [-0.1, -0.05) is 45.8 Å². The van der Waals surface area contributed by atoms with E-state index in [1.165, 1.54) is 5.57 Å². The number of hydrogen-bond acceptors (Lipinski definition) is 2. The average molecular weight is 238 g/mol. The SMILES string of the molecule is CCC[C@@H](N)C(=O)N1CC=C(C(C)(C)C)CC1. The summed E-state index contributed by atoms with van der Waals surface area (Å²) in [5, 5.41) is 0. The summed E-state index contributed by atoms with van der Waals surface area (Å²) in [5.41, 5.74) is 7.54. The molecule has 0 aliphatic carbocycles. The van der Waals surface area contributed by atoms with Crippen molar-refractivity contribution in [1.82, 2.24) is 4.90 Å². The maximum Gasteiger partial charge on any atom is 0.239 e. The van der Waals surface area contributed by atoms with Crippen LogP contribution in [0.2, 0.25) is 0 Å². The zero-order valence-corrected chi connectivity index (χ0v) is 11.6. The van der Waals surface area contributed by atoms with E-state index in [0.717, 1.165) is 32.4 Å². The molecule has 2 N–H and O–H groups in total. The predicted octanol–water partition coefficient (Wildman–Crippen LogP) is 2.32. The topological polar surface area (TPSA) is 46.3 Å². The van der Waals surface area contributed by atoms with E-state index in [1.807, 2.05) is 4.90 Å². The molecular weight excluding hydrogens is 212 g/mol. The summed E-state index contributed by atoms with van der Waals surface area (Å²) in [4.78, 5) is 13.9. The van der Waals surface area contributed by atoms with Crippen molar-refractivity contribution in [3.63, 3.8) is 0 Å². The zero-order valence-electron chi connectivity index (χ0n) is 11.6. The Balaban J connectivity index is 2.57. The van der Waals surface area contributed by atoms with Crippen molar-refractivity contribution in [3.05, 3.63) is 11.6 Å². The van der Waals surface area contributed by atoms with Crippen LogP contribution in [0.4, 0.5) is 0 Å². The van der Waals surface area contributed by atoms with Gasteiger partial charge in [0, 0.05) is 13.1 Å². The van der Waals surface area contributed by atoms with Crippen molar-refractivity contribution in [3.8, 4) is 0 Å². The Bertz CT molecular complexity index is 302. The first-order chi connectivity index (χ1) is 7.86. The van der Waals surface area contributed by atoms with E-state index >= 15 is 0 Å². The lowest BCUT2D eigenvalue weighted by Gasteiger charge is -2.33. The van der Waals surface area contributed by atoms with Crippen molar-refractivity contribution in [2.24, 2.45) is 11.1 Å². The third-order valence-electron chi connectivity index (χ3n) is 3.40. The Morgan fingerprint density at radius 1 is 1.53 bits per heavy atom. The molecule has 1 aliphatic rings. The van der Waals surface area contributed by atoms with E-state index in [0.29, 0.717) is 0 Å². The Labute approximate surface area is 105 Å². The maximum absolute atomic E-state index is 12.0. The normalized spacial score (nSPS) is 18.9. The van der Waals surface area contributed by atoms with Crippen LogP contribution >= 0.6 is 0 Å². The van der Waals surface area contributed by atoms with Crippen LogP contribution in [0.5, 0.6) is 0 Å². The van der Waals surface area contributed by atoms with Crippen molar-refractivity contribution in [2.75, 3.05) is 13.1 Å². The van der Waals surface area contributed by atoms with Gasteiger partial charge in [-0.15, -0.1) is 0 Å². The number of carbonyl (C=O) groups excluding carboxylic acids is 1. The predicted molar refractivity (Wildman–Crippen MR) is 71.6 cm³/mol. The van der Waals surface area contributed by atoms with Crippen LogP contribution in [-0.2, 0) is 4.79 Å². The van der Waals surface area contributed by atoms with Gasteiger partial charge < -0.3 is 10.6 Å². The second-order valence-electron chi connectivity index (χ2n) is 5.91. The summed E-state index contributed by atoms with van der Waals surface area (Å²) >= 11 is 0. The molecule has 1 heterocycles. The van der Waals surface area contributed by atoms with Gasteiger partial charge in [-0.3, -0.25) is 4.79 Å². The fourth-order valence-electron chi connectivity index (χ4n) is 2.22. The van der Waals surface area contributed by atoms with Crippen LogP contribution in [0.1, 0.15) is 47.0 Å². The fourth-order valence-corrected chi connectivity index (χ4v) is 2.22. The van der Waals surface area contributed by atoms with Crippen molar-refractivity contribution < 1.29 is 4.79 Å². The quantitative estimate of drug-likeness (QED) is 0.767. The average Bonchev–Trinajstić information content (AvgIpc) is 2.27. The number of nitrogens with two attached hydrogens (primary N) is 1. The minimum absolute atomic E-state index is 0.107. The second kappa shape index (κ2) is 5.67. The van der Waals surface area contributed by atoms with E-state index in [4.69, 9.17) is 5.73 Å². The third-order valence-corrected chi connectivity index (χ3v) is 3.40. The molecule has 0 fully saturated rings. The molecule has 0 saturated carbocycles. The molecule has 0 aromatic carbocycles. The lowest BCUT2D eigenvalue weighted by Crippen LogP contribution is -2.45. The number of amides is 1. The highest BCUT2D eigenvalue weighted by Gasteiger charge is 2.25. The smallest absolute Gasteiger partial charge is 0.239 e. The van der Waals surface area contributed by atoms with E-state index in [1.54, 1.807) is 0 Å². The first-order valence-corrected chi connectivity index (χ1v) is 6.60. The van der Waals surface area contributed by atoms with Crippen LogP contribution < -0.4 is 5.73 Å². The Morgan fingerprint density at radius 2 is 2.18 bits per heavy atom. The second-order valence-corrected chi connectivity index (χ2v) is 5.91. The fraction of sp³-hybridized carbons (Fsp3) is 0.786. The standard InChI is InChI=1S/C14H26N2O/c1-5-6-12(15)13(17)16-9-7-11(8-10-16)14(2,3)4/h7,12H,5-6,8-10,15H2,1-4H3/t12-/m1/s1. The maximum atomic E-state index is 12.0. The molecule has 0 radical (unpaired) electrons. The monoisotopic (exact) mass is 238 g/mol. The Morgan fingerprint density at radius 3 is 2.59 bits per heavy atom. The van der Waals surface area contributed by atoms with Gasteiger partial charge in [0.2, 0.25) is 5.91 Å². The summed E-state index contributed by atoms with van der Waals surface area (Å²) in [6.07, 6.45) is 4.92. The largest absolute Gasteiger partial charge is 0.337 e. The lowest BCUT2D eigenvalue weighted by molar-refractivity contribution is -0.132. The van der Waals surface area contributed by atoms with Gasteiger partial charge in [-0.25, -0.2) is 0 Å². The number of carbonyl (C=O) groups is 1. The molecule has 0 saturated heterocycles. The molecule has 0 aromatic heterocycles. The van der Waals surface area contributed by atoms with Gasteiger partial charge in [0.05, 0.1) is 6.04 Å². The van der Waals surface area contributed by atoms with Gasteiger partial charge in [0.15, 0.2) is 0 Å². The summed E-state index contributed by atoms with van der Waals surface area (Å²) in [6, 6.07) is -0.315. The molecule has 1 aliphatic heterocycles. The molecule has 0 unspecified atom stereocenters. The van der Waals surface area contributed by atoms with Crippen molar-refractivity contribution in [2.45, 2.75) is 53.0 Å². The molecular formula is C14H26N2O. The van der Waals surface area contributed by atoms with Gasteiger partial charge in [0.1, 0.15) is 0 Å². The Kier molecular flexibility index (Phi) is 4.75. The molecule has 3 nitrogen and oxygen atoms in total. The van der Waals surface area contributed by atoms with Crippen LogP contribution in [0.3, 0.4) is 0 Å². The van der Waals surface area contributed by atoms with Crippen LogP contribution in [0.25, 0.3) is 0 Å². The highest BCUT2D eigenvalue weighted by Crippen LogP contribution is 2.30. The number of rotatable bonds is 3. The molecule has 0 bridgehead atoms. The highest BCUT2D eigenvalue weighted by molar-refractivity contribution is 5.81. The summed E-state index contributed by atoms with van der Waals surface area (Å²) in [5.74, 6) is 0.107. The molecule has 17 heavy (non-hydrogen) atoms. The first kappa shape index (κ1) is 14.2. The molecule has 3 heteroatoms. The first-order valence-electron chi connectivity index (χ1n) is 6.60. The van der Waals surface area contributed by atoms with Gasteiger partial charge >= 0.3 is 0 Å². The molecule has 1 amide bonds. The minimum atomic E-state index is -0.315. The van der Waals surface area contributed by atoms with Crippen molar-refractivity contribution >= 4 is 5.91 Å². The van der Waals surface area contributed by atoms with Crippen LogP contribution in [0, 0.1) is 5.41 Å². The highest BCUT2D eigenvalue weighted by atomic mass is 16.2. The van der Waals surface area contributed by atoms with E-state index in [-0.39, 0.29) is 17.4 Å². The molecule has 0 spiro atoms.